The molecule has 2 unspecified atom stereocenters. The zero-order valence-corrected chi connectivity index (χ0v) is 11.2. The van der Waals surface area contributed by atoms with Crippen LogP contribution in [0.1, 0.15) is 56.2 Å². The standard InChI is InChI=1S/C17H22/c1-4-7-13(2)14(3)16-11-10-15-8-5-6-9-17(15)12-16/h10-14H,5-6,8-9H2,1-3H3. The first-order valence-corrected chi connectivity index (χ1v) is 6.76. The molecule has 0 bridgehead atoms. The number of fused-ring (bicyclic) bond motifs is 1. The highest BCUT2D eigenvalue weighted by Crippen LogP contribution is 2.28. The van der Waals surface area contributed by atoms with Crippen molar-refractivity contribution in [2.45, 2.75) is 52.4 Å². The van der Waals surface area contributed by atoms with Crippen molar-refractivity contribution in [1.82, 2.24) is 0 Å². The summed E-state index contributed by atoms with van der Waals surface area (Å²) in [7, 11) is 0. The molecule has 0 aromatic heterocycles. The maximum Gasteiger partial charge on any atom is 0.0240 e. The summed E-state index contributed by atoms with van der Waals surface area (Å²) in [6.45, 7) is 6.44. The van der Waals surface area contributed by atoms with Crippen molar-refractivity contribution in [1.29, 1.82) is 0 Å². The van der Waals surface area contributed by atoms with Crippen LogP contribution in [-0.4, -0.2) is 0 Å². The predicted octanol–water partition coefficient (Wildman–Crippen LogP) is 4.33. The molecular weight excluding hydrogens is 204 g/mol. The Morgan fingerprint density at radius 3 is 2.47 bits per heavy atom. The van der Waals surface area contributed by atoms with Gasteiger partial charge in [-0.1, -0.05) is 38.0 Å². The summed E-state index contributed by atoms with van der Waals surface area (Å²) in [5.74, 6) is 7.29. The normalized spacial score (nSPS) is 17.6. The van der Waals surface area contributed by atoms with Crippen molar-refractivity contribution >= 4 is 0 Å². The molecule has 2 rings (SSSR count). The summed E-state index contributed by atoms with van der Waals surface area (Å²) < 4.78 is 0. The van der Waals surface area contributed by atoms with E-state index in [0.717, 1.165) is 0 Å². The molecule has 0 aliphatic heterocycles. The summed E-state index contributed by atoms with van der Waals surface area (Å²) in [5, 5.41) is 0. The maximum atomic E-state index is 3.27. The van der Waals surface area contributed by atoms with Crippen LogP contribution in [0.2, 0.25) is 0 Å². The smallest absolute Gasteiger partial charge is 0.0240 e. The van der Waals surface area contributed by atoms with E-state index < -0.39 is 0 Å². The minimum atomic E-state index is 0.446. The molecule has 1 aromatic rings. The first kappa shape index (κ1) is 12.2. The molecule has 0 amide bonds. The molecule has 0 saturated carbocycles. The maximum absolute atomic E-state index is 3.27. The largest absolute Gasteiger partial charge is 0.106 e. The quantitative estimate of drug-likeness (QED) is 0.658. The van der Waals surface area contributed by atoms with Gasteiger partial charge in [0.1, 0.15) is 0 Å². The van der Waals surface area contributed by atoms with Crippen molar-refractivity contribution in [2.75, 3.05) is 0 Å². The van der Waals surface area contributed by atoms with Gasteiger partial charge in [-0.05, 0) is 55.2 Å². The third-order valence-electron chi connectivity index (χ3n) is 4.02. The lowest BCUT2D eigenvalue weighted by molar-refractivity contribution is 0.606. The fraction of sp³-hybridized carbons (Fsp3) is 0.529. The molecule has 1 aromatic carbocycles. The van der Waals surface area contributed by atoms with Gasteiger partial charge in [0.05, 0.1) is 0 Å². The third kappa shape index (κ3) is 2.72. The molecule has 17 heavy (non-hydrogen) atoms. The number of aryl methyl sites for hydroxylation is 2. The molecule has 0 saturated heterocycles. The van der Waals surface area contributed by atoms with Crippen LogP contribution < -0.4 is 0 Å². The van der Waals surface area contributed by atoms with Gasteiger partial charge >= 0.3 is 0 Å². The van der Waals surface area contributed by atoms with E-state index in [1.165, 1.54) is 31.2 Å². The van der Waals surface area contributed by atoms with Crippen LogP contribution in [0.3, 0.4) is 0 Å². The summed E-state index contributed by atoms with van der Waals surface area (Å²) >= 11 is 0. The third-order valence-corrected chi connectivity index (χ3v) is 4.02. The lowest BCUT2D eigenvalue weighted by atomic mass is 9.84. The zero-order chi connectivity index (χ0) is 12.3. The second-order valence-electron chi connectivity index (χ2n) is 5.21. The first-order chi connectivity index (χ1) is 8.22. The monoisotopic (exact) mass is 226 g/mol. The van der Waals surface area contributed by atoms with E-state index in [1.54, 1.807) is 11.1 Å². The van der Waals surface area contributed by atoms with Crippen LogP contribution in [0.25, 0.3) is 0 Å². The van der Waals surface area contributed by atoms with Crippen LogP contribution in [0.4, 0.5) is 0 Å². The summed E-state index contributed by atoms with van der Waals surface area (Å²) in [6.07, 6.45) is 5.26. The van der Waals surface area contributed by atoms with Gasteiger partial charge in [-0.25, -0.2) is 0 Å². The number of hydrogen-bond donors (Lipinski definition) is 0. The molecule has 2 atom stereocenters. The van der Waals surface area contributed by atoms with Crippen LogP contribution >= 0.6 is 0 Å². The Morgan fingerprint density at radius 2 is 1.76 bits per heavy atom. The van der Waals surface area contributed by atoms with E-state index in [4.69, 9.17) is 0 Å². The molecule has 0 N–H and O–H groups in total. The van der Waals surface area contributed by atoms with Gasteiger partial charge in [-0.2, -0.15) is 0 Å². The van der Waals surface area contributed by atoms with Gasteiger partial charge in [-0.15, -0.1) is 5.92 Å². The zero-order valence-electron chi connectivity index (χ0n) is 11.2. The minimum Gasteiger partial charge on any atom is -0.106 e. The Kier molecular flexibility index (Phi) is 3.89. The predicted molar refractivity (Wildman–Crippen MR) is 74.1 cm³/mol. The second kappa shape index (κ2) is 5.41. The van der Waals surface area contributed by atoms with E-state index in [9.17, 15) is 0 Å². The Bertz CT molecular complexity index is 445. The summed E-state index contributed by atoms with van der Waals surface area (Å²) in [6, 6.07) is 7.07. The number of rotatable bonds is 2. The van der Waals surface area contributed by atoms with Crippen LogP contribution in [0, 0.1) is 17.8 Å². The number of benzene rings is 1. The molecule has 90 valence electrons. The van der Waals surface area contributed by atoms with E-state index in [1.807, 2.05) is 6.92 Å². The Labute approximate surface area is 105 Å². The minimum absolute atomic E-state index is 0.446. The Balaban J connectivity index is 2.23. The first-order valence-electron chi connectivity index (χ1n) is 6.76. The van der Waals surface area contributed by atoms with Crippen molar-refractivity contribution in [3.05, 3.63) is 34.9 Å². The van der Waals surface area contributed by atoms with Crippen LogP contribution in [0.5, 0.6) is 0 Å². The van der Waals surface area contributed by atoms with Gasteiger partial charge < -0.3 is 0 Å². The lowest BCUT2D eigenvalue weighted by Gasteiger charge is -2.20. The van der Waals surface area contributed by atoms with E-state index in [-0.39, 0.29) is 0 Å². The highest BCUT2D eigenvalue weighted by Gasteiger charge is 2.15. The molecule has 0 nitrogen and oxygen atoms in total. The topological polar surface area (TPSA) is 0 Å². The average Bonchev–Trinajstić information content (AvgIpc) is 2.37. The summed E-state index contributed by atoms with van der Waals surface area (Å²) in [5.41, 5.74) is 4.61. The molecule has 1 aliphatic rings. The summed E-state index contributed by atoms with van der Waals surface area (Å²) in [4.78, 5) is 0. The van der Waals surface area contributed by atoms with Crippen molar-refractivity contribution in [2.24, 2.45) is 5.92 Å². The van der Waals surface area contributed by atoms with Crippen molar-refractivity contribution in [3.63, 3.8) is 0 Å². The molecule has 1 aliphatic carbocycles. The molecule has 0 heterocycles. The SMILES string of the molecule is CC#CC(C)C(C)c1ccc2c(c1)CCCC2. The van der Waals surface area contributed by atoms with Gasteiger partial charge in [0.25, 0.3) is 0 Å². The van der Waals surface area contributed by atoms with Gasteiger partial charge in [0.2, 0.25) is 0 Å². The Morgan fingerprint density at radius 1 is 1.06 bits per heavy atom. The lowest BCUT2D eigenvalue weighted by Crippen LogP contribution is -2.08. The van der Waals surface area contributed by atoms with Gasteiger partial charge in [-0.3, -0.25) is 0 Å². The molecule has 0 heteroatoms. The van der Waals surface area contributed by atoms with Crippen molar-refractivity contribution < 1.29 is 0 Å². The Hall–Kier alpha value is -1.22. The van der Waals surface area contributed by atoms with Gasteiger partial charge in [0.15, 0.2) is 0 Å². The number of hydrogen-bond acceptors (Lipinski definition) is 0. The van der Waals surface area contributed by atoms with E-state index in [0.29, 0.717) is 11.8 Å². The highest BCUT2D eigenvalue weighted by atomic mass is 14.2. The van der Waals surface area contributed by atoms with E-state index in [2.05, 4.69) is 43.9 Å². The fourth-order valence-corrected chi connectivity index (χ4v) is 2.68. The van der Waals surface area contributed by atoms with Gasteiger partial charge in [0, 0.05) is 5.92 Å². The molecule has 0 fully saturated rings. The van der Waals surface area contributed by atoms with Crippen LogP contribution in [-0.2, 0) is 12.8 Å². The molecular formula is C17H22. The van der Waals surface area contributed by atoms with Crippen molar-refractivity contribution in [3.8, 4) is 11.8 Å². The molecule has 0 spiro atoms. The average molecular weight is 226 g/mol. The fourth-order valence-electron chi connectivity index (χ4n) is 2.68. The highest BCUT2D eigenvalue weighted by molar-refractivity contribution is 5.36. The van der Waals surface area contributed by atoms with Crippen LogP contribution in [0.15, 0.2) is 18.2 Å². The van der Waals surface area contributed by atoms with E-state index >= 15 is 0 Å². The molecule has 0 radical (unpaired) electrons. The second-order valence-corrected chi connectivity index (χ2v) is 5.21.